The molecule has 2 rings (SSSR count). The van der Waals surface area contributed by atoms with Gasteiger partial charge in [-0.15, -0.1) is 0 Å². The molecule has 2 fully saturated rings. The SMILES string of the molecule is CC(=O)NCC1CCCN2CCCCC12. The number of rotatable bonds is 2. The van der Waals surface area contributed by atoms with Crippen molar-refractivity contribution in [3.05, 3.63) is 0 Å². The summed E-state index contributed by atoms with van der Waals surface area (Å²) >= 11 is 0. The predicted molar refractivity (Wildman–Crippen MR) is 60.6 cm³/mol. The van der Waals surface area contributed by atoms with Gasteiger partial charge >= 0.3 is 0 Å². The number of carbonyl (C=O) groups excluding carboxylic acids is 1. The van der Waals surface area contributed by atoms with Crippen LogP contribution in [-0.4, -0.2) is 36.5 Å². The second kappa shape index (κ2) is 4.97. The van der Waals surface area contributed by atoms with Crippen LogP contribution in [0.1, 0.15) is 39.0 Å². The van der Waals surface area contributed by atoms with E-state index in [9.17, 15) is 4.79 Å². The Morgan fingerprint density at radius 1 is 1.27 bits per heavy atom. The zero-order chi connectivity index (χ0) is 10.7. The third-order valence-electron chi connectivity index (χ3n) is 3.84. The van der Waals surface area contributed by atoms with E-state index in [1.54, 1.807) is 6.92 Å². The molecule has 3 nitrogen and oxygen atoms in total. The highest BCUT2D eigenvalue weighted by molar-refractivity contribution is 5.72. The van der Waals surface area contributed by atoms with Crippen molar-refractivity contribution in [1.82, 2.24) is 10.2 Å². The fourth-order valence-corrected chi connectivity index (χ4v) is 3.09. The second-order valence-corrected chi connectivity index (χ2v) is 4.94. The molecule has 0 aromatic heterocycles. The first-order valence-electron chi connectivity index (χ1n) is 6.26. The van der Waals surface area contributed by atoms with Crippen molar-refractivity contribution in [3.8, 4) is 0 Å². The number of carbonyl (C=O) groups is 1. The van der Waals surface area contributed by atoms with Gasteiger partial charge in [0.2, 0.25) is 5.91 Å². The van der Waals surface area contributed by atoms with E-state index in [0.29, 0.717) is 5.92 Å². The zero-order valence-corrected chi connectivity index (χ0v) is 9.67. The fourth-order valence-electron chi connectivity index (χ4n) is 3.09. The average Bonchev–Trinajstić information content (AvgIpc) is 2.26. The number of fused-ring (bicyclic) bond motifs is 1. The van der Waals surface area contributed by atoms with Crippen LogP contribution in [0.3, 0.4) is 0 Å². The molecule has 1 amide bonds. The lowest BCUT2D eigenvalue weighted by Crippen LogP contribution is -2.50. The van der Waals surface area contributed by atoms with E-state index >= 15 is 0 Å². The Bertz CT molecular complexity index is 228. The van der Waals surface area contributed by atoms with Crippen LogP contribution in [0.25, 0.3) is 0 Å². The summed E-state index contributed by atoms with van der Waals surface area (Å²) in [5.74, 6) is 0.811. The summed E-state index contributed by atoms with van der Waals surface area (Å²) in [6.07, 6.45) is 6.67. The molecule has 2 atom stereocenters. The molecule has 0 aromatic carbocycles. The number of hydrogen-bond acceptors (Lipinski definition) is 2. The molecule has 0 aliphatic carbocycles. The summed E-state index contributed by atoms with van der Waals surface area (Å²) in [6.45, 7) is 5.06. The number of nitrogens with zero attached hydrogens (tertiary/aromatic N) is 1. The van der Waals surface area contributed by atoms with E-state index in [4.69, 9.17) is 0 Å². The largest absolute Gasteiger partial charge is 0.356 e. The van der Waals surface area contributed by atoms with E-state index in [1.807, 2.05) is 0 Å². The third kappa shape index (κ3) is 2.71. The molecule has 2 aliphatic heterocycles. The van der Waals surface area contributed by atoms with Crippen molar-refractivity contribution in [2.24, 2.45) is 5.92 Å². The Morgan fingerprint density at radius 2 is 2.07 bits per heavy atom. The summed E-state index contributed by atoms with van der Waals surface area (Å²) in [5.41, 5.74) is 0. The van der Waals surface area contributed by atoms with Crippen molar-refractivity contribution in [2.45, 2.75) is 45.1 Å². The quantitative estimate of drug-likeness (QED) is 0.747. The Kier molecular flexibility index (Phi) is 3.62. The first-order valence-corrected chi connectivity index (χ1v) is 6.26. The maximum atomic E-state index is 10.9. The van der Waals surface area contributed by atoms with Crippen molar-refractivity contribution >= 4 is 5.91 Å². The van der Waals surface area contributed by atoms with Gasteiger partial charge in [-0.05, 0) is 44.7 Å². The Balaban J connectivity index is 1.88. The normalized spacial score (nSPS) is 32.1. The Morgan fingerprint density at radius 3 is 2.87 bits per heavy atom. The number of nitrogens with one attached hydrogen (secondary N) is 1. The highest BCUT2D eigenvalue weighted by atomic mass is 16.1. The standard InChI is InChI=1S/C12H22N2O/c1-10(15)13-9-11-5-4-8-14-7-3-2-6-12(11)14/h11-12H,2-9H2,1H3,(H,13,15). The molecule has 2 aliphatic rings. The lowest BCUT2D eigenvalue weighted by atomic mass is 9.83. The minimum absolute atomic E-state index is 0.114. The van der Waals surface area contributed by atoms with Crippen LogP contribution >= 0.6 is 0 Å². The smallest absolute Gasteiger partial charge is 0.216 e. The van der Waals surface area contributed by atoms with E-state index in [1.165, 1.54) is 45.2 Å². The van der Waals surface area contributed by atoms with Crippen LogP contribution in [-0.2, 0) is 4.79 Å². The van der Waals surface area contributed by atoms with Gasteiger partial charge in [-0.1, -0.05) is 6.42 Å². The van der Waals surface area contributed by atoms with Crippen LogP contribution in [0.5, 0.6) is 0 Å². The molecule has 2 unspecified atom stereocenters. The van der Waals surface area contributed by atoms with Gasteiger partial charge in [0.15, 0.2) is 0 Å². The van der Waals surface area contributed by atoms with E-state index in [0.717, 1.165) is 12.6 Å². The van der Waals surface area contributed by atoms with Gasteiger partial charge in [-0.25, -0.2) is 0 Å². The van der Waals surface area contributed by atoms with E-state index < -0.39 is 0 Å². The van der Waals surface area contributed by atoms with Gasteiger partial charge in [0, 0.05) is 19.5 Å². The van der Waals surface area contributed by atoms with Crippen molar-refractivity contribution in [3.63, 3.8) is 0 Å². The first kappa shape index (κ1) is 10.9. The van der Waals surface area contributed by atoms with Crippen molar-refractivity contribution in [2.75, 3.05) is 19.6 Å². The molecular formula is C12H22N2O. The summed E-state index contributed by atoms with van der Waals surface area (Å²) < 4.78 is 0. The van der Waals surface area contributed by atoms with Crippen LogP contribution in [0.2, 0.25) is 0 Å². The maximum Gasteiger partial charge on any atom is 0.216 e. The van der Waals surface area contributed by atoms with E-state index in [-0.39, 0.29) is 5.91 Å². The molecule has 2 saturated heterocycles. The van der Waals surface area contributed by atoms with Gasteiger partial charge < -0.3 is 10.2 Å². The average molecular weight is 210 g/mol. The number of hydrogen-bond donors (Lipinski definition) is 1. The summed E-state index contributed by atoms with van der Waals surface area (Å²) in [7, 11) is 0. The highest BCUT2D eigenvalue weighted by Crippen LogP contribution is 2.30. The van der Waals surface area contributed by atoms with Gasteiger partial charge in [-0.2, -0.15) is 0 Å². The topological polar surface area (TPSA) is 32.3 Å². The van der Waals surface area contributed by atoms with Crippen LogP contribution < -0.4 is 5.32 Å². The zero-order valence-electron chi connectivity index (χ0n) is 9.67. The first-order chi connectivity index (χ1) is 7.27. The second-order valence-electron chi connectivity index (χ2n) is 4.94. The van der Waals surface area contributed by atoms with Gasteiger partial charge in [0.1, 0.15) is 0 Å². The van der Waals surface area contributed by atoms with Crippen LogP contribution in [0.4, 0.5) is 0 Å². The molecule has 2 heterocycles. The maximum absolute atomic E-state index is 10.9. The minimum atomic E-state index is 0.114. The minimum Gasteiger partial charge on any atom is -0.356 e. The molecule has 3 heteroatoms. The van der Waals surface area contributed by atoms with Crippen LogP contribution in [0, 0.1) is 5.92 Å². The molecule has 0 saturated carbocycles. The Labute approximate surface area is 92.2 Å². The summed E-state index contributed by atoms with van der Waals surface area (Å²) in [5, 5.41) is 2.98. The van der Waals surface area contributed by atoms with E-state index in [2.05, 4.69) is 10.2 Å². The third-order valence-corrected chi connectivity index (χ3v) is 3.84. The number of piperidine rings is 2. The van der Waals surface area contributed by atoms with Crippen molar-refractivity contribution < 1.29 is 4.79 Å². The Hall–Kier alpha value is -0.570. The lowest BCUT2D eigenvalue weighted by Gasteiger charge is -2.44. The molecule has 0 spiro atoms. The van der Waals surface area contributed by atoms with Gasteiger partial charge in [0.25, 0.3) is 0 Å². The fraction of sp³-hybridized carbons (Fsp3) is 0.917. The highest BCUT2D eigenvalue weighted by Gasteiger charge is 2.32. The summed E-state index contributed by atoms with van der Waals surface area (Å²) in [4.78, 5) is 13.6. The molecule has 1 N–H and O–H groups in total. The molecule has 15 heavy (non-hydrogen) atoms. The summed E-state index contributed by atoms with van der Waals surface area (Å²) in [6, 6.07) is 0.749. The molecular weight excluding hydrogens is 188 g/mol. The van der Waals surface area contributed by atoms with Crippen LogP contribution in [0.15, 0.2) is 0 Å². The molecule has 86 valence electrons. The molecule has 0 bridgehead atoms. The van der Waals surface area contributed by atoms with Gasteiger partial charge in [-0.3, -0.25) is 4.79 Å². The lowest BCUT2D eigenvalue weighted by molar-refractivity contribution is -0.119. The molecule has 0 radical (unpaired) electrons. The number of amides is 1. The molecule has 0 aromatic rings. The van der Waals surface area contributed by atoms with Crippen molar-refractivity contribution in [1.29, 1.82) is 0 Å². The van der Waals surface area contributed by atoms with Gasteiger partial charge in [0.05, 0.1) is 0 Å². The predicted octanol–water partition coefficient (Wildman–Crippen LogP) is 1.39. The monoisotopic (exact) mass is 210 g/mol.